The Kier molecular flexibility index (Phi) is 6.74. The third-order valence-corrected chi connectivity index (χ3v) is 9.75. The summed E-state index contributed by atoms with van der Waals surface area (Å²) < 4.78 is 52.4. The molecular formula is C35H27ClF3N5O2. The first-order valence-corrected chi connectivity index (χ1v) is 15.5. The number of phenols is 1. The molecule has 0 radical (unpaired) electrons. The van der Waals surface area contributed by atoms with E-state index >= 15 is 4.39 Å². The van der Waals surface area contributed by atoms with Gasteiger partial charge in [-0.05, 0) is 73.2 Å². The number of ether oxygens (including phenoxy) is 1. The number of hydrogen-bond donors (Lipinski definition) is 1. The fraction of sp³-hybridized carbons (Fsp3) is 0.286. The van der Waals surface area contributed by atoms with Crippen LogP contribution in [-0.4, -0.2) is 62.9 Å². The first-order valence-electron chi connectivity index (χ1n) is 15.1. The summed E-state index contributed by atoms with van der Waals surface area (Å²) in [7, 11) is 0. The highest BCUT2D eigenvalue weighted by atomic mass is 35.5. The fourth-order valence-corrected chi connectivity index (χ4v) is 7.67. The van der Waals surface area contributed by atoms with Crippen LogP contribution in [0.3, 0.4) is 0 Å². The van der Waals surface area contributed by atoms with E-state index in [1.54, 1.807) is 6.07 Å². The Morgan fingerprint density at radius 1 is 1.13 bits per heavy atom. The molecule has 3 aromatic carbocycles. The molecule has 2 saturated heterocycles. The van der Waals surface area contributed by atoms with E-state index in [4.69, 9.17) is 27.7 Å². The van der Waals surface area contributed by atoms with E-state index in [2.05, 4.69) is 20.8 Å². The van der Waals surface area contributed by atoms with E-state index in [9.17, 15) is 13.9 Å². The Labute approximate surface area is 267 Å². The van der Waals surface area contributed by atoms with Crippen LogP contribution in [0.5, 0.6) is 11.8 Å². The molecule has 46 heavy (non-hydrogen) atoms. The molecule has 7 nitrogen and oxygen atoms in total. The Balaban J connectivity index is 1.31. The number of anilines is 2. The van der Waals surface area contributed by atoms with Crippen molar-refractivity contribution in [1.29, 1.82) is 0 Å². The van der Waals surface area contributed by atoms with Crippen molar-refractivity contribution in [3.63, 3.8) is 0 Å². The molecule has 3 aliphatic heterocycles. The third kappa shape index (κ3) is 4.52. The smallest absolute Gasteiger partial charge is 0.319 e. The summed E-state index contributed by atoms with van der Waals surface area (Å²) in [4.78, 5) is 17.8. The van der Waals surface area contributed by atoms with Crippen LogP contribution in [0.2, 0.25) is 5.02 Å². The van der Waals surface area contributed by atoms with Gasteiger partial charge in [0.2, 0.25) is 0 Å². The Bertz CT molecular complexity index is 2120. The van der Waals surface area contributed by atoms with Crippen molar-refractivity contribution in [1.82, 2.24) is 19.9 Å². The van der Waals surface area contributed by atoms with Crippen LogP contribution >= 0.6 is 11.6 Å². The van der Waals surface area contributed by atoms with Crippen molar-refractivity contribution in [3.8, 4) is 35.4 Å². The molecule has 2 fully saturated rings. The predicted molar refractivity (Wildman–Crippen MR) is 170 cm³/mol. The standard InChI is InChI=1S/C35H27ClF3N5O2/c1-2-24-27(38)6-4-20-13-23(45)14-25(29(20)24)31-30(39)32-26(16-40-31)33(44-11-8-19-12-21(36)5-7-28(19)44)42-34(41-32)46-18-35-9-3-10-43(35)17-22(37)15-35/h1,4-7,12-14,16,22,45H,3,8-11,15,17-18H2/t22-,35+/m1/s1. The zero-order valence-electron chi connectivity index (χ0n) is 24.5. The van der Waals surface area contributed by atoms with E-state index < -0.39 is 23.3 Å². The minimum Gasteiger partial charge on any atom is -0.508 e. The zero-order chi connectivity index (χ0) is 31.7. The SMILES string of the molecule is C#Cc1c(F)ccc2cc(O)cc(-c3ncc4c(N5CCc6cc(Cl)ccc65)nc(OC[C@@]56CCCN5C[C@H](F)C6)nc4c3F)c12. The summed E-state index contributed by atoms with van der Waals surface area (Å²) in [6.45, 7) is 1.87. The second-order valence-corrected chi connectivity index (χ2v) is 12.6. The maximum atomic E-state index is 16.8. The van der Waals surface area contributed by atoms with Crippen LogP contribution < -0.4 is 9.64 Å². The van der Waals surface area contributed by atoms with Gasteiger partial charge >= 0.3 is 6.01 Å². The van der Waals surface area contributed by atoms with Crippen molar-refractivity contribution in [3.05, 3.63) is 76.4 Å². The number of benzene rings is 3. The largest absolute Gasteiger partial charge is 0.508 e. The first kappa shape index (κ1) is 28.9. The van der Waals surface area contributed by atoms with Gasteiger partial charge in [0, 0.05) is 47.4 Å². The second kappa shape index (κ2) is 10.7. The highest BCUT2D eigenvalue weighted by Crippen LogP contribution is 2.43. The summed E-state index contributed by atoms with van der Waals surface area (Å²) in [5.74, 6) is 1.12. The normalized spacial score (nSPS) is 20.8. The molecule has 0 unspecified atom stereocenters. The van der Waals surface area contributed by atoms with Gasteiger partial charge in [-0.15, -0.1) is 6.42 Å². The number of nitrogens with zero attached hydrogens (tertiary/aromatic N) is 5. The molecular weight excluding hydrogens is 615 g/mol. The Morgan fingerprint density at radius 2 is 2.00 bits per heavy atom. The predicted octanol–water partition coefficient (Wildman–Crippen LogP) is 7.11. The lowest BCUT2D eigenvalue weighted by Gasteiger charge is -2.31. The number of terminal acetylenes is 1. The van der Waals surface area contributed by atoms with Gasteiger partial charge < -0.3 is 14.7 Å². The molecule has 11 heteroatoms. The monoisotopic (exact) mass is 641 g/mol. The van der Waals surface area contributed by atoms with Crippen molar-refractivity contribution in [2.45, 2.75) is 37.4 Å². The van der Waals surface area contributed by atoms with E-state index in [-0.39, 0.29) is 46.1 Å². The highest BCUT2D eigenvalue weighted by Gasteiger charge is 2.49. The lowest BCUT2D eigenvalue weighted by Crippen LogP contribution is -2.43. The minimum absolute atomic E-state index is 0.0550. The second-order valence-electron chi connectivity index (χ2n) is 12.2. The third-order valence-electron chi connectivity index (χ3n) is 9.52. The number of fused-ring (bicyclic) bond motifs is 4. The van der Waals surface area contributed by atoms with Gasteiger partial charge in [-0.2, -0.15) is 9.97 Å². The topological polar surface area (TPSA) is 74.6 Å². The average molecular weight is 642 g/mol. The molecule has 0 amide bonds. The zero-order valence-corrected chi connectivity index (χ0v) is 25.3. The number of alkyl halides is 1. The molecule has 2 atom stereocenters. The van der Waals surface area contributed by atoms with Crippen molar-refractivity contribution in [2.75, 3.05) is 31.1 Å². The summed E-state index contributed by atoms with van der Waals surface area (Å²) in [5, 5.41) is 12.1. The fourth-order valence-electron chi connectivity index (χ4n) is 7.47. The van der Waals surface area contributed by atoms with Gasteiger partial charge in [0.1, 0.15) is 41.4 Å². The molecule has 3 aliphatic rings. The highest BCUT2D eigenvalue weighted by molar-refractivity contribution is 6.30. The van der Waals surface area contributed by atoms with Crippen LogP contribution in [-0.2, 0) is 6.42 Å². The van der Waals surface area contributed by atoms with Crippen LogP contribution in [0, 0.1) is 24.0 Å². The average Bonchev–Trinajstić information content (AvgIpc) is 3.71. The maximum Gasteiger partial charge on any atom is 0.319 e. The number of phenolic OH excluding ortho intramolecular Hbond substituents is 1. The summed E-state index contributed by atoms with van der Waals surface area (Å²) in [5.41, 5.74) is 1.22. The number of aromatic nitrogens is 3. The molecule has 8 rings (SSSR count). The maximum absolute atomic E-state index is 16.8. The van der Waals surface area contributed by atoms with Gasteiger partial charge in [0.05, 0.1) is 16.5 Å². The van der Waals surface area contributed by atoms with Gasteiger partial charge in [-0.3, -0.25) is 9.88 Å². The summed E-state index contributed by atoms with van der Waals surface area (Å²) in [6.07, 6.45) is 8.97. The van der Waals surface area contributed by atoms with Crippen LogP contribution in [0.15, 0.2) is 48.7 Å². The number of hydrogen-bond acceptors (Lipinski definition) is 7. The molecule has 232 valence electrons. The summed E-state index contributed by atoms with van der Waals surface area (Å²) >= 11 is 6.27. The number of aromatic hydroxyl groups is 1. The minimum atomic E-state index is -0.939. The van der Waals surface area contributed by atoms with E-state index in [0.717, 1.165) is 30.6 Å². The quantitative estimate of drug-likeness (QED) is 0.205. The molecule has 1 N–H and O–H groups in total. The van der Waals surface area contributed by atoms with Crippen LogP contribution in [0.25, 0.3) is 32.9 Å². The van der Waals surface area contributed by atoms with E-state index in [0.29, 0.717) is 47.5 Å². The van der Waals surface area contributed by atoms with Crippen LogP contribution in [0.4, 0.5) is 24.7 Å². The number of pyridine rings is 1. The first-order chi connectivity index (χ1) is 22.2. The van der Waals surface area contributed by atoms with Gasteiger partial charge in [0.15, 0.2) is 5.82 Å². The molecule has 0 bridgehead atoms. The lowest BCUT2D eigenvalue weighted by atomic mass is 9.95. The molecule has 5 heterocycles. The van der Waals surface area contributed by atoms with E-state index in [1.165, 1.54) is 30.5 Å². The molecule has 5 aromatic rings. The molecule has 2 aromatic heterocycles. The Morgan fingerprint density at radius 3 is 2.85 bits per heavy atom. The van der Waals surface area contributed by atoms with Crippen molar-refractivity contribution >= 4 is 44.8 Å². The van der Waals surface area contributed by atoms with E-state index in [1.807, 2.05) is 17.0 Å². The van der Waals surface area contributed by atoms with Gasteiger partial charge in [-0.25, -0.2) is 13.2 Å². The number of halogens is 4. The molecule has 0 saturated carbocycles. The van der Waals surface area contributed by atoms with Gasteiger partial charge in [-0.1, -0.05) is 23.6 Å². The lowest BCUT2D eigenvalue weighted by molar-refractivity contribution is 0.107. The molecule has 0 spiro atoms. The van der Waals surface area contributed by atoms with Crippen LogP contribution in [0.1, 0.15) is 30.4 Å². The van der Waals surface area contributed by atoms with Crippen molar-refractivity contribution < 1.29 is 23.0 Å². The number of rotatable bonds is 5. The summed E-state index contributed by atoms with van der Waals surface area (Å²) in [6, 6.07) is 10.9. The van der Waals surface area contributed by atoms with Gasteiger partial charge in [0.25, 0.3) is 0 Å². The molecule has 0 aliphatic carbocycles. The van der Waals surface area contributed by atoms with Crippen molar-refractivity contribution in [2.24, 2.45) is 0 Å². The Hall–Kier alpha value is -4.59.